The monoisotopic (exact) mass is 266 g/mol. The van der Waals surface area contributed by atoms with Crippen LogP contribution in [0.1, 0.15) is 5.56 Å². The lowest BCUT2D eigenvalue weighted by Crippen LogP contribution is -2.01. The molecule has 3 aromatic heterocycles. The van der Waals surface area contributed by atoms with Gasteiger partial charge in [-0.1, -0.05) is 0 Å². The molecule has 3 aromatic rings. The van der Waals surface area contributed by atoms with Crippen LogP contribution < -0.4 is 4.74 Å². The first-order valence-corrected chi connectivity index (χ1v) is 6.25. The number of pyridine rings is 2. The van der Waals surface area contributed by atoms with E-state index in [0.29, 0.717) is 5.88 Å². The largest absolute Gasteiger partial charge is 0.481 e. The lowest BCUT2D eigenvalue weighted by molar-refractivity contribution is 0.397. The molecule has 0 amide bonds. The minimum absolute atomic E-state index is 0.580. The molecular weight excluding hydrogens is 252 g/mol. The highest BCUT2D eigenvalue weighted by atomic mass is 16.5. The lowest BCUT2D eigenvalue weighted by Gasteiger charge is -2.07. The second kappa shape index (κ2) is 5.13. The first-order chi connectivity index (χ1) is 9.78. The van der Waals surface area contributed by atoms with Crippen molar-refractivity contribution in [2.45, 2.75) is 6.92 Å². The van der Waals surface area contributed by atoms with Gasteiger partial charge in [-0.25, -0.2) is 9.67 Å². The maximum absolute atomic E-state index is 5.06. The maximum Gasteiger partial charge on any atom is 0.213 e. The normalized spacial score (nSPS) is 10.5. The minimum atomic E-state index is 0.580. The Morgan fingerprint density at radius 2 is 1.95 bits per heavy atom. The van der Waals surface area contributed by atoms with Crippen LogP contribution in [-0.4, -0.2) is 26.9 Å². The summed E-state index contributed by atoms with van der Waals surface area (Å²) in [7, 11) is 1.60. The fourth-order valence-corrected chi connectivity index (χ4v) is 2.00. The third-order valence-electron chi connectivity index (χ3n) is 3.00. The molecule has 5 heteroatoms. The van der Waals surface area contributed by atoms with Crippen molar-refractivity contribution in [3.05, 3.63) is 54.5 Å². The van der Waals surface area contributed by atoms with Crippen molar-refractivity contribution in [1.82, 2.24) is 19.7 Å². The molecule has 0 unspecified atom stereocenters. The third kappa shape index (κ3) is 2.25. The maximum atomic E-state index is 5.06. The van der Waals surface area contributed by atoms with Crippen LogP contribution >= 0.6 is 0 Å². The molecule has 0 aliphatic rings. The van der Waals surface area contributed by atoms with Crippen LogP contribution in [0, 0.1) is 6.92 Å². The van der Waals surface area contributed by atoms with Crippen molar-refractivity contribution < 1.29 is 4.74 Å². The number of rotatable bonds is 3. The summed E-state index contributed by atoms with van der Waals surface area (Å²) < 4.78 is 6.88. The predicted molar refractivity (Wildman–Crippen MR) is 75.9 cm³/mol. The van der Waals surface area contributed by atoms with Gasteiger partial charge in [-0.05, 0) is 36.8 Å². The summed E-state index contributed by atoms with van der Waals surface area (Å²) in [6, 6.07) is 9.66. The first kappa shape index (κ1) is 12.3. The second-order valence-corrected chi connectivity index (χ2v) is 4.41. The van der Waals surface area contributed by atoms with Crippen LogP contribution in [0.3, 0.4) is 0 Å². The van der Waals surface area contributed by atoms with Gasteiger partial charge >= 0.3 is 0 Å². The van der Waals surface area contributed by atoms with Gasteiger partial charge in [0.25, 0.3) is 0 Å². The molecule has 0 saturated carbocycles. The number of methoxy groups -OCH3 is 1. The van der Waals surface area contributed by atoms with Crippen molar-refractivity contribution in [3.63, 3.8) is 0 Å². The van der Waals surface area contributed by atoms with E-state index in [1.807, 2.05) is 41.9 Å². The number of aromatic nitrogens is 4. The topological polar surface area (TPSA) is 52.8 Å². The number of hydrogen-bond acceptors (Lipinski definition) is 4. The average molecular weight is 266 g/mol. The minimum Gasteiger partial charge on any atom is -0.481 e. The quantitative estimate of drug-likeness (QED) is 0.731. The number of ether oxygens (including phenoxy) is 1. The van der Waals surface area contributed by atoms with Crippen LogP contribution in [0.15, 0.2) is 48.9 Å². The molecule has 0 spiro atoms. The summed E-state index contributed by atoms with van der Waals surface area (Å²) >= 11 is 0. The van der Waals surface area contributed by atoms with Crippen LogP contribution in [0.4, 0.5) is 0 Å². The van der Waals surface area contributed by atoms with Crippen molar-refractivity contribution in [1.29, 1.82) is 0 Å². The highest BCUT2D eigenvalue weighted by Crippen LogP contribution is 2.21. The Balaban J connectivity index is 2.05. The summed E-state index contributed by atoms with van der Waals surface area (Å²) in [5.41, 5.74) is 3.85. The van der Waals surface area contributed by atoms with E-state index in [0.717, 1.165) is 22.6 Å². The molecular formula is C15H14N4O. The Kier molecular flexibility index (Phi) is 3.16. The van der Waals surface area contributed by atoms with Crippen LogP contribution in [0.25, 0.3) is 17.1 Å². The SMILES string of the molecule is COc1ccc(-n2nccc2-c2cc(C)ccn2)cn1. The fraction of sp³-hybridized carbons (Fsp3) is 0.133. The van der Waals surface area contributed by atoms with Gasteiger partial charge < -0.3 is 4.74 Å². The summed E-state index contributed by atoms with van der Waals surface area (Å²) in [5, 5.41) is 4.34. The van der Waals surface area contributed by atoms with Gasteiger partial charge in [-0.15, -0.1) is 0 Å². The number of hydrogen-bond donors (Lipinski definition) is 0. The van der Waals surface area contributed by atoms with Gasteiger partial charge in [0.15, 0.2) is 0 Å². The molecule has 100 valence electrons. The number of aryl methyl sites for hydroxylation is 1. The van der Waals surface area contributed by atoms with Gasteiger partial charge in [-0.3, -0.25) is 4.98 Å². The molecule has 5 nitrogen and oxygen atoms in total. The van der Waals surface area contributed by atoms with Crippen LogP contribution in [-0.2, 0) is 0 Å². The van der Waals surface area contributed by atoms with E-state index in [4.69, 9.17) is 4.74 Å². The highest BCUT2D eigenvalue weighted by molar-refractivity contribution is 5.58. The smallest absolute Gasteiger partial charge is 0.213 e. The van der Waals surface area contributed by atoms with Gasteiger partial charge in [0.05, 0.1) is 36.6 Å². The Hall–Kier alpha value is -2.69. The molecule has 0 bridgehead atoms. The van der Waals surface area contributed by atoms with Gasteiger partial charge in [-0.2, -0.15) is 5.10 Å². The Morgan fingerprint density at radius 3 is 2.65 bits per heavy atom. The standard InChI is InChI=1S/C15H14N4O/c1-11-5-7-16-13(9-11)14-6-8-18-19(14)12-3-4-15(20-2)17-10-12/h3-10H,1-2H3. The molecule has 0 radical (unpaired) electrons. The summed E-state index contributed by atoms with van der Waals surface area (Å²) in [4.78, 5) is 8.60. The molecule has 0 aliphatic heterocycles. The zero-order chi connectivity index (χ0) is 13.9. The molecule has 0 fully saturated rings. The second-order valence-electron chi connectivity index (χ2n) is 4.41. The third-order valence-corrected chi connectivity index (χ3v) is 3.00. The van der Waals surface area contributed by atoms with Gasteiger partial charge in [0.2, 0.25) is 5.88 Å². The average Bonchev–Trinajstić information content (AvgIpc) is 2.97. The highest BCUT2D eigenvalue weighted by Gasteiger charge is 2.09. The Morgan fingerprint density at radius 1 is 1.05 bits per heavy atom. The van der Waals surface area contributed by atoms with Crippen molar-refractivity contribution in [3.8, 4) is 23.0 Å². The first-order valence-electron chi connectivity index (χ1n) is 6.25. The zero-order valence-corrected chi connectivity index (χ0v) is 11.3. The van der Waals surface area contributed by atoms with E-state index in [9.17, 15) is 0 Å². The summed E-state index contributed by atoms with van der Waals surface area (Å²) in [6.07, 6.45) is 5.28. The van der Waals surface area contributed by atoms with E-state index in [1.165, 1.54) is 0 Å². The Bertz CT molecular complexity index is 719. The van der Waals surface area contributed by atoms with Gasteiger partial charge in [0, 0.05) is 12.3 Å². The lowest BCUT2D eigenvalue weighted by atomic mass is 10.2. The van der Waals surface area contributed by atoms with Crippen LogP contribution in [0.5, 0.6) is 5.88 Å². The zero-order valence-electron chi connectivity index (χ0n) is 11.3. The molecule has 0 aromatic carbocycles. The van der Waals surface area contributed by atoms with E-state index >= 15 is 0 Å². The van der Waals surface area contributed by atoms with Crippen molar-refractivity contribution in [2.24, 2.45) is 0 Å². The molecule has 0 aliphatic carbocycles. The predicted octanol–water partition coefficient (Wildman–Crippen LogP) is 2.65. The molecule has 0 N–H and O–H groups in total. The Labute approximate surface area is 116 Å². The molecule has 3 rings (SSSR count). The van der Waals surface area contributed by atoms with Gasteiger partial charge in [0.1, 0.15) is 0 Å². The van der Waals surface area contributed by atoms with E-state index in [2.05, 4.69) is 15.1 Å². The van der Waals surface area contributed by atoms with Crippen molar-refractivity contribution in [2.75, 3.05) is 7.11 Å². The summed E-state index contributed by atoms with van der Waals surface area (Å²) in [6.45, 7) is 2.04. The number of nitrogens with zero attached hydrogens (tertiary/aromatic N) is 4. The molecule has 0 saturated heterocycles. The van der Waals surface area contributed by atoms with E-state index in [1.54, 1.807) is 25.7 Å². The molecule has 3 heterocycles. The summed E-state index contributed by atoms with van der Waals surface area (Å²) in [5.74, 6) is 0.580. The van der Waals surface area contributed by atoms with E-state index in [-0.39, 0.29) is 0 Å². The van der Waals surface area contributed by atoms with Crippen LogP contribution in [0.2, 0.25) is 0 Å². The van der Waals surface area contributed by atoms with E-state index < -0.39 is 0 Å². The fourth-order valence-electron chi connectivity index (χ4n) is 2.00. The van der Waals surface area contributed by atoms with Crippen molar-refractivity contribution >= 4 is 0 Å². The molecule has 0 atom stereocenters. The molecule has 20 heavy (non-hydrogen) atoms.